The van der Waals surface area contributed by atoms with Crippen LogP contribution in [0.4, 0.5) is 13.2 Å². The molecule has 39 heavy (non-hydrogen) atoms. The Kier molecular flexibility index (Phi) is 8.02. The van der Waals surface area contributed by atoms with Crippen molar-refractivity contribution in [2.24, 2.45) is 5.92 Å². The first-order valence-corrected chi connectivity index (χ1v) is 11.8. The van der Waals surface area contributed by atoms with Gasteiger partial charge in [-0.15, -0.1) is 0 Å². The Morgan fingerprint density at radius 2 is 1.79 bits per heavy atom. The number of carbonyl (C=O) groups is 3. The van der Waals surface area contributed by atoms with Gasteiger partial charge in [-0.05, 0) is 56.2 Å². The molecule has 1 aromatic heterocycles. The molecule has 13 heteroatoms. The second-order valence-corrected chi connectivity index (χ2v) is 9.04. The zero-order valence-electron chi connectivity index (χ0n) is 20.5. The van der Waals surface area contributed by atoms with Crippen LogP contribution in [0.25, 0.3) is 10.9 Å². The average Bonchev–Trinajstić information content (AvgIpc) is 3.30. The van der Waals surface area contributed by atoms with Crippen LogP contribution in [0.2, 0.25) is 0 Å². The van der Waals surface area contributed by atoms with Crippen molar-refractivity contribution in [1.29, 1.82) is 0 Å². The molecule has 10 nitrogen and oxygen atoms in total. The molecule has 0 unspecified atom stereocenters. The number of carbonyl (C=O) groups excluding carboxylic acids is 3. The van der Waals surface area contributed by atoms with Gasteiger partial charge >= 0.3 is 12.1 Å². The number of halogens is 3. The molecule has 0 spiro atoms. The number of alkyl halides is 3. The number of nitrogens with one attached hydrogen (secondary N) is 1. The number of fused-ring (bicyclic) bond motifs is 1. The van der Waals surface area contributed by atoms with Gasteiger partial charge in [0.05, 0.1) is 23.6 Å². The van der Waals surface area contributed by atoms with Crippen LogP contribution in [0.5, 0.6) is 5.75 Å². The number of aryl methyl sites for hydroxylation is 1. The van der Waals surface area contributed by atoms with E-state index in [4.69, 9.17) is 9.94 Å². The van der Waals surface area contributed by atoms with Crippen LogP contribution in [0.15, 0.2) is 54.6 Å². The molecule has 3 aromatic rings. The fraction of sp³-hybridized carbons (Fsp3) is 0.308. The minimum absolute atomic E-state index is 0.133. The van der Waals surface area contributed by atoms with Crippen molar-refractivity contribution in [3.63, 3.8) is 0 Å². The molecule has 4 rings (SSSR count). The normalized spacial score (nSPS) is 19.0. The van der Waals surface area contributed by atoms with E-state index in [-0.39, 0.29) is 30.1 Å². The van der Waals surface area contributed by atoms with Gasteiger partial charge in [0.1, 0.15) is 12.4 Å². The van der Waals surface area contributed by atoms with Gasteiger partial charge in [-0.1, -0.05) is 18.2 Å². The highest BCUT2D eigenvalue weighted by Crippen LogP contribution is 2.33. The van der Waals surface area contributed by atoms with Crippen molar-refractivity contribution in [2.75, 3.05) is 0 Å². The zero-order valence-corrected chi connectivity index (χ0v) is 20.5. The van der Waals surface area contributed by atoms with E-state index in [1.807, 2.05) is 37.3 Å². The number of hydroxylamine groups is 3. The van der Waals surface area contributed by atoms with Crippen LogP contribution in [0.3, 0.4) is 0 Å². The number of amides is 2. The molecule has 0 bridgehead atoms. The van der Waals surface area contributed by atoms with Gasteiger partial charge in [0.2, 0.25) is 5.91 Å². The predicted molar refractivity (Wildman–Crippen MR) is 128 cm³/mol. The first-order chi connectivity index (χ1) is 18.5. The number of aliphatic hydroxyl groups excluding tert-OH is 1. The summed E-state index contributed by atoms with van der Waals surface area (Å²) in [5, 5.41) is 20.0. The lowest BCUT2D eigenvalue weighted by Crippen LogP contribution is -2.49. The summed E-state index contributed by atoms with van der Waals surface area (Å²) in [6, 6.07) is 13.3. The molecule has 2 aromatic carbocycles. The maximum Gasteiger partial charge on any atom is 0.493 e. The topological polar surface area (TPSA) is 138 Å². The number of aromatic nitrogens is 1. The van der Waals surface area contributed by atoms with Crippen LogP contribution >= 0.6 is 0 Å². The molecule has 3 N–H and O–H groups in total. The van der Waals surface area contributed by atoms with Crippen LogP contribution < -0.4 is 10.2 Å². The molecule has 0 saturated heterocycles. The number of pyridine rings is 1. The third-order valence-corrected chi connectivity index (χ3v) is 6.29. The lowest BCUT2D eigenvalue weighted by atomic mass is 10.0. The summed E-state index contributed by atoms with van der Waals surface area (Å²) < 4.78 is 44.7. The molecule has 1 saturated carbocycles. The zero-order chi connectivity index (χ0) is 28.3. The summed E-state index contributed by atoms with van der Waals surface area (Å²) in [6.45, 7) is 2.02. The van der Waals surface area contributed by atoms with E-state index in [1.165, 1.54) is 29.7 Å². The third kappa shape index (κ3) is 6.26. The van der Waals surface area contributed by atoms with Gasteiger partial charge < -0.3 is 14.7 Å². The summed E-state index contributed by atoms with van der Waals surface area (Å²) in [7, 11) is 0. The quantitative estimate of drug-likeness (QED) is 0.316. The molecule has 1 aliphatic carbocycles. The summed E-state index contributed by atoms with van der Waals surface area (Å²) in [5.74, 6) is -5.89. The standard InChI is InChI=1S/C26H24F3N3O7/c1-14-10-16(19-4-2-3-5-21(19)30-14)13-38-18-8-6-15(7-9-18)24(35)32(39-25(36)26(27,28)29)22-12-17(33)11-20(22)23(34)31-37/h2-10,17,20,22,33,37H,11-13H2,1H3,(H,31,34)/t17-,20+,22-/m1/s1. The molecule has 1 heterocycles. The second-order valence-electron chi connectivity index (χ2n) is 9.04. The lowest BCUT2D eigenvalue weighted by molar-refractivity contribution is -0.235. The molecule has 3 atom stereocenters. The maximum absolute atomic E-state index is 13.2. The number of hydrogen-bond acceptors (Lipinski definition) is 8. The van der Waals surface area contributed by atoms with Crippen molar-refractivity contribution in [3.8, 4) is 5.75 Å². The smallest absolute Gasteiger partial charge is 0.489 e. The Balaban J connectivity index is 1.55. The van der Waals surface area contributed by atoms with E-state index in [9.17, 15) is 32.7 Å². The Hall–Kier alpha value is -4.23. The Morgan fingerprint density at radius 3 is 2.46 bits per heavy atom. The highest BCUT2D eigenvalue weighted by atomic mass is 19.4. The lowest BCUT2D eigenvalue weighted by Gasteiger charge is -2.30. The Morgan fingerprint density at radius 1 is 1.10 bits per heavy atom. The summed E-state index contributed by atoms with van der Waals surface area (Å²) in [5.41, 5.74) is 3.65. The van der Waals surface area contributed by atoms with Gasteiger partial charge in [-0.3, -0.25) is 19.8 Å². The molecular weight excluding hydrogens is 523 g/mol. The SMILES string of the molecule is Cc1cc(COc2ccc(C(=O)N(OC(=O)C(F)(F)F)[C@@H]3C[C@H](O)C[C@@H]3C(=O)NO)cc2)c2ccccc2n1. The first kappa shape index (κ1) is 27.8. The highest BCUT2D eigenvalue weighted by molar-refractivity contribution is 5.95. The first-order valence-electron chi connectivity index (χ1n) is 11.8. The highest BCUT2D eigenvalue weighted by Gasteiger charge is 2.49. The van der Waals surface area contributed by atoms with Crippen molar-refractivity contribution in [2.45, 2.75) is 44.7 Å². The molecular formula is C26H24F3N3O7. The molecule has 1 fully saturated rings. The van der Waals surface area contributed by atoms with E-state index < -0.39 is 42.0 Å². The Labute approximate surface area is 219 Å². The second kappa shape index (κ2) is 11.3. The minimum Gasteiger partial charge on any atom is -0.489 e. The number of aliphatic hydroxyl groups is 1. The fourth-order valence-electron chi connectivity index (χ4n) is 4.51. The van der Waals surface area contributed by atoms with Gasteiger partial charge in [0.15, 0.2) is 0 Å². The molecule has 0 aliphatic heterocycles. The molecule has 2 amide bonds. The van der Waals surface area contributed by atoms with Crippen LogP contribution in [0, 0.1) is 12.8 Å². The Bertz CT molecular complexity index is 1380. The number of para-hydroxylation sites is 1. The monoisotopic (exact) mass is 547 g/mol. The van der Waals surface area contributed by atoms with Gasteiger partial charge in [-0.2, -0.15) is 18.2 Å². The van der Waals surface area contributed by atoms with Crippen molar-refractivity contribution in [1.82, 2.24) is 15.5 Å². The van der Waals surface area contributed by atoms with E-state index in [2.05, 4.69) is 9.82 Å². The van der Waals surface area contributed by atoms with E-state index in [0.29, 0.717) is 5.75 Å². The van der Waals surface area contributed by atoms with E-state index in [0.717, 1.165) is 22.2 Å². The maximum atomic E-state index is 13.2. The van der Waals surface area contributed by atoms with Crippen molar-refractivity contribution in [3.05, 3.63) is 71.4 Å². The van der Waals surface area contributed by atoms with Crippen LogP contribution in [-0.2, 0) is 21.0 Å². The molecule has 206 valence electrons. The number of benzene rings is 2. The number of hydrogen-bond donors (Lipinski definition) is 3. The largest absolute Gasteiger partial charge is 0.493 e. The molecule has 1 aliphatic rings. The van der Waals surface area contributed by atoms with Crippen molar-refractivity contribution >= 4 is 28.7 Å². The van der Waals surface area contributed by atoms with Gasteiger partial charge in [0.25, 0.3) is 5.91 Å². The number of ether oxygens (including phenoxy) is 1. The summed E-state index contributed by atoms with van der Waals surface area (Å²) in [6.07, 6.45) is -7.27. The van der Waals surface area contributed by atoms with Gasteiger partial charge in [-0.25, -0.2) is 10.3 Å². The minimum atomic E-state index is -5.43. The average molecular weight is 547 g/mol. The van der Waals surface area contributed by atoms with E-state index >= 15 is 0 Å². The summed E-state index contributed by atoms with van der Waals surface area (Å²) >= 11 is 0. The number of nitrogens with zero attached hydrogens (tertiary/aromatic N) is 2. The predicted octanol–water partition coefficient (Wildman–Crippen LogP) is 3.23. The van der Waals surface area contributed by atoms with Gasteiger partial charge in [0, 0.05) is 22.2 Å². The van der Waals surface area contributed by atoms with Crippen LogP contribution in [0.1, 0.15) is 34.5 Å². The fourth-order valence-corrected chi connectivity index (χ4v) is 4.51. The van der Waals surface area contributed by atoms with Crippen LogP contribution in [-0.4, -0.2) is 56.5 Å². The number of rotatable bonds is 6. The summed E-state index contributed by atoms with van der Waals surface area (Å²) in [4.78, 5) is 45.7. The van der Waals surface area contributed by atoms with E-state index in [1.54, 1.807) is 0 Å². The van der Waals surface area contributed by atoms with Crippen molar-refractivity contribution < 1.29 is 47.4 Å². The third-order valence-electron chi connectivity index (χ3n) is 6.29. The molecule has 0 radical (unpaired) electrons.